The van der Waals surface area contributed by atoms with Gasteiger partial charge in [0.2, 0.25) is 5.78 Å². The normalized spacial score (nSPS) is 14.1. The van der Waals surface area contributed by atoms with Crippen molar-refractivity contribution in [2.24, 2.45) is 0 Å². The van der Waals surface area contributed by atoms with Crippen LogP contribution in [0.3, 0.4) is 0 Å². The van der Waals surface area contributed by atoms with Gasteiger partial charge in [0.1, 0.15) is 12.7 Å². The smallest absolute Gasteiger partial charge is 0.357 e. The highest BCUT2D eigenvalue weighted by Crippen LogP contribution is 2.30. The molecule has 2 heterocycles. The molecule has 0 saturated carbocycles. The van der Waals surface area contributed by atoms with Crippen molar-refractivity contribution in [3.63, 3.8) is 0 Å². The lowest BCUT2D eigenvalue weighted by Gasteiger charge is -2.29. The number of thiazole rings is 1. The fraction of sp³-hybridized carbons (Fsp3) is 0.364. The molecule has 1 aromatic carbocycles. The Hall–Kier alpha value is -3.16. The Kier molecular flexibility index (Phi) is 8.12. The van der Waals surface area contributed by atoms with E-state index < -0.39 is 42.4 Å². The number of hydrogen-bond acceptors (Lipinski definition) is 11. The minimum atomic E-state index is -2.05. The first-order valence-electron chi connectivity index (χ1n) is 10.1. The molecule has 0 spiro atoms. The number of carbonyl (C=O) groups is 3. The minimum Gasteiger partial charge on any atom is -0.464 e. The van der Waals surface area contributed by atoms with Crippen molar-refractivity contribution in [1.29, 1.82) is 0 Å². The van der Waals surface area contributed by atoms with Gasteiger partial charge in [0.05, 0.1) is 24.3 Å². The van der Waals surface area contributed by atoms with Gasteiger partial charge in [0.25, 0.3) is 0 Å². The van der Waals surface area contributed by atoms with Crippen LogP contribution in [0.4, 0.5) is 0 Å². The van der Waals surface area contributed by atoms with E-state index in [-0.39, 0.29) is 22.9 Å². The van der Waals surface area contributed by atoms with Crippen molar-refractivity contribution in [1.82, 2.24) is 9.55 Å². The van der Waals surface area contributed by atoms with E-state index in [1.54, 1.807) is 24.3 Å². The van der Waals surface area contributed by atoms with Gasteiger partial charge in [-0.15, -0.1) is 11.3 Å². The molecule has 0 saturated heterocycles. The second kappa shape index (κ2) is 10.8. The Balaban J connectivity index is 2.01. The molecule has 11 nitrogen and oxygen atoms in total. The van der Waals surface area contributed by atoms with Crippen LogP contribution in [0.2, 0.25) is 0 Å². The predicted octanol–water partition coefficient (Wildman–Crippen LogP) is 1.25. The summed E-state index contributed by atoms with van der Waals surface area (Å²) in [5.41, 5.74) is 0.617. The maximum Gasteiger partial charge on any atom is 0.357 e. The fourth-order valence-corrected chi connectivity index (χ4v) is 3.98. The third-order valence-electron chi connectivity index (χ3n) is 4.91. The van der Waals surface area contributed by atoms with Crippen molar-refractivity contribution in [2.75, 3.05) is 13.7 Å². The van der Waals surface area contributed by atoms with E-state index in [1.165, 1.54) is 37.1 Å². The van der Waals surface area contributed by atoms with Gasteiger partial charge >= 0.3 is 11.9 Å². The summed E-state index contributed by atoms with van der Waals surface area (Å²) in [6.07, 6.45) is -4.33. The molecule has 3 aromatic rings. The summed E-state index contributed by atoms with van der Waals surface area (Å²) < 4.78 is 16.6. The van der Waals surface area contributed by atoms with Gasteiger partial charge < -0.3 is 34.1 Å². The number of benzene rings is 1. The molecule has 0 fully saturated rings. The molecule has 12 heteroatoms. The SMILES string of the molecule is COC(=O)c1csc(C(=O)c2cn(C(OC(COC(C)=O)C(C)O)C(O)O)c3ccccc23)n1. The average molecular weight is 493 g/mol. The number of rotatable bonds is 10. The van der Waals surface area contributed by atoms with Crippen molar-refractivity contribution in [3.05, 3.63) is 52.1 Å². The lowest BCUT2D eigenvalue weighted by Crippen LogP contribution is -2.38. The second-order valence-electron chi connectivity index (χ2n) is 7.35. The van der Waals surface area contributed by atoms with E-state index in [4.69, 9.17) is 9.47 Å². The van der Waals surface area contributed by atoms with Crippen LogP contribution >= 0.6 is 11.3 Å². The van der Waals surface area contributed by atoms with Gasteiger partial charge in [-0.25, -0.2) is 9.78 Å². The molecule has 0 aliphatic carbocycles. The number of carbonyl (C=O) groups excluding carboxylic acids is 3. The molecule has 0 aliphatic rings. The minimum absolute atomic E-state index is 0.00294. The van der Waals surface area contributed by atoms with Crippen LogP contribution in [0.5, 0.6) is 0 Å². The summed E-state index contributed by atoms with van der Waals surface area (Å²) in [4.78, 5) is 40.1. The summed E-state index contributed by atoms with van der Waals surface area (Å²) >= 11 is 0.970. The van der Waals surface area contributed by atoms with E-state index in [9.17, 15) is 29.7 Å². The molecule has 2 aromatic heterocycles. The third-order valence-corrected chi connectivity index (χ3v) is 5.75. The Bertz CT molecular complexity index is 1180. The number of ether oxygens (including phenoxy) is 3. The number of para-hydroxylation sites is 1. The van der Waals surface area contributed by atoms with Gasteiger partial charge in [-0.1, -0.05) is 18.2 Å². The highest BCUT2D eigenvalue weighted by atomic mass is 32.1. The molecule has 0 radical (unpaired) electrons. The average Bonchev–Trinajstić information content (AvgIpc) is 3.43. The van der Waals surface area contributed by atoms with Gasteiger partial charge in [-0.3, -0.25) is 9.59 Å². The van der Waals surface area contributed by atoms with E-state index in [2.05, 4.69) is 9.72 Å². The fourth-order valence-electron chi connectivity index (χ4n) is 3.24. The predicted molar refractivity (Wildman–Crippen MR) is 119 cm³/mol. The first kappa shape index (κ1) is 25.5. The molecular weight excluding hydrogens is 468 g/mol. The standard InChI is InChI=1S/C22H24N2O9S/c1-11(25)17(9-32-12(2)26)33-20(21(28)29)24-8-14(13-6-4-5-7-16(13)24)18(27)19-23-15(10-34-19)22(30)31-3/h4-8,10-11,17,20-21,25,28-29H,9H2,1-3H3. The molecule has 182 valence electrons. The summed E-state index contributed by atoms with van der Waals surface area (Å²) in [5, 5.41) is 32.1. The number of fused-ring (bicyclic) bond motifs is 1. The second-order valence-corrected chi connectivity index (χ2v) is 8.21. The quantitative estimate of drug-likeness (QED) is 0.214. The number of nitrogens with zero attached hydrogens (tertiary/aromatic N) is 2. The van der Waals surface area contributed by atoms with Crippen LogP contribution in [0.15, 0.2) is 35.8 Å². The van der Waals surface area contributed by atoms with Crippen LogP contribution < -0.4 is 0 Å². The van der Waals surface area contributed by atoms with Crippen LogP contribution in [0.25, 0.3) is 10.9 Å². The van der Waals surface area contributed by atoms with E-state index in [0.29, 0.717) is 10.9 Å². The van der Waals surface area contributed by atoms with Crippen molar-refractivity contribution >= 4 is 40.0 Å². The van der Waals surface area contributed by atoms with Gasteiger partial charge in [0.15, 0.2) is 23.2 Å². The summed E-state index contributed by atoms with van der Waals surface area (Å²) in [6, 6.07) is 6.71. The Morgan fingerprint density at radius 2 is 1.88 bits per heavy atom. The number of hydrogen-bond donors (Lipinski definition) is 3. The molecule has 0 bridgehead atoms. The Labute approximate surface area is 198 Å². The topological polar surface area (TPSA) is 157 Å². The molecule has 34 heavy (non-hydrogen) atoms. The van der Waals surface area contributed by atoms with Crippen LogP contribution in [-0.2, 0) is 19.0 Å². The van der Waals surface area contributed by atoms with Gasteiger partial charge in [-0.2, -0.15) is 0 Å². The largest absolute Gasteiger partial charge is 0.464 e. The molecule has 0 aliphatic heterocycles. The van der Waals surface area contributed by atoms with Crippen molar-refractivity contribution in [2.45, 2.75) is 38.6 Å². The number of esters is 2. The maximum atomic E-state index is 13.2. The van der Waals surface area contributed by atoms with Crippen LogP contribution in [-0.4, -0.2) is 74.8 Å². The van der Waals surface area contributed by atoms with Gasteiger partial charge in [-0.05, 0) is 13.0 Å². The van der Waals surface area contributed by atoms with Gasteiger partial charge in [0, 0.05) is 23.9 Å². The number of aliphatic hydroxyl groups is 3. The number of aromatic nitrogens is 2. The van der Waals surface area contributed by atoms with E-state index in [0.717, 1.165) is 11.3 Å². The molecule has 3 unspecified atom stereocenters. The molecule has 3 rings (SSSR count). The lowest BCUT2D eigenvalue weighted by molar-refractivity contribution is -0.216. The zero-order chi connectivity index (χ0) is 25.0. The van der Waals surface area contributed by atoms with E-state index >= 15 is 0 Å². The first-order chi connectivity index (χ1) is 16.1. The third kappa shape index (κ3) is 5.48. The lowest BCUT2D eigenvalue weighted by atomic mass is 10.1. The number of ketones is 1. The van der Waals surface area contributed by atoms with Crippen LogP contribution in [0.1, 0.15) is 45.9 Å². The van der Waals surface area contributed by atoms with Crippen molar-refractivity contribution < 1.29 is 43.9 Å². The highest BCUT2D eigenvalue weighted by molar-refractivity contribution is 7.12. The summed E-state index contributed by atoms with van der Waals surface area (Å²) in [5.74, 6) is -1.76. The monoisotopic (exact) mass is 492 g/mol. The molecule has 0 amide bonds. The van der Waals surface area contributed by atoms with Crippen LogP contribution in [0, 0.1) is 0 Å². The highest BCUT2D eigenvalue weighted by Gasteiger charge is 2.30. The zero-order valence-corrected chi connectivity index (χ0v) is 19.4. The zero-order valence-electron chi connectivity index (χ0n) is 18.6. The molecular formula is C22H24N2O9S. The number of methoxy groups -OCH3 is 1. The van der Waals surface area contributed by atoms with E-state index in [1.807, 2.05) is 0 Å². The molecule has 3 atom stereocenters. The maximum absolute atomic E-state index is 13.2. The van der Waals surface area contributed by atoms with Crippen molar-refractivity contribution in [3.8, 4) is 0 Å². The number of aliphatic hydroxyl groups excluding tert-OH is 2. The summed E-state index contributed by atoms with van der Waals surface area (Å²) in [7, 11) is 1.21. The Morgan fingerprint density at radius 3 is 2.50 bits per heavy atom. The first-order valence-corrected chi connectivity index (χ1v) is 11.0. The summed E-state index contributed by atoms with van der Waals surface area (Å²) in [6.45, 7) is 2.27. The Morgan fingerprint density at radius 1 is 1.18 bits per heavy atom. The molecule has 3 N–H and O–H groups in total.